The fourth-order valence-electron chi connectivity index (χ4n) is 8.82. The van der Waals surface area contributed by atoms with Gasteiger partial charge in [0.25, 0.3) is 0 Å². The van der Waals surface area contributed by atoms with Crippen LogP contribution < -0.4 is 4.90 Å². The highest BCUT2D eigenvalue weighted by Gasteiger charge is 2.20. The predicted octanol–water partition coefficient (Wildman–Crippen LogP) is 15.0. The first-order valence-electron chi connectivity index (χ1n) is 19.3. The van der Waals surface area contributed by atoms with Gasteiger partial charge in [-0.25, -0.2) is 0 Å². The van der Waals surface area contributed by atoms with Gasteiger partial charge >= 0.3 is 0 Å². The normalized spacial score (nSPS) is 11.6. The number of hydrogen-bond donors (Lipinski definition) is 0. The van der Waals surface area contributed by atoms with Gasteiger partial charge in [-0.1, -0.05) is 170 Å². The fourth-order valence-corrected chi connectivity index (χ4v) is 8.82. The summed E-state index contributed by atoms with van der Waals surface area (Å²) in [6.07, 6.45) is 0. The Morgan fingerprint density at radius 1 is 0.304 bits per heavy atom. The van der Waals surface area contributed by atoms with Crippen LogP contribution in [-0.4, -0.2) is 4.57 Å². The minimum absolute atomic E-state index is 1.10. The molecule has 2 heteroatoms. The van der Waals surface area contributed by atoms with E-state index in [4.69, 9.17) is 0 Å². The molecule has 262 valence electrons. The molecule has 0 unspecified atom stereocenters. The summed E-state index contributed by atoms with van der Waals surface area (Å²) in [6.45, 7) is 0. The first kappa shape index (κ1) is 32.0. The maximum Gasteiger partial charge on any atom is 0.0546 e. The van der Waals surface area contributed by atoms with Gasteiger partial charge in [-0.3, -0.25) is 0 Å². The van der Waals surface area contributed by atoms with Crippen LogP contribution in [0.5, 0.6) is 0 Å². The number of fused-ring (bicyclic) bond motifs is 7. The molecule has 10 aromatic carbocycles. The molecule has 0 radical (unpaired) electrons. The van der Waals surface area contributed by atoms with Crippen LogP contribution in [0.3, 0.4) is 0 Å². The topological polar surface area (TPSA) is 8.17 Å². The monoisotopic (exact) mass is 712 g/mol. The van der Waals surface area contributed by atoms with Crippen LogP contribution in [0.25, 0.3) is 82.1 Å². The van der Waals surface area contributed by atoms with Crippen LogP contribution >= 0.6 is 0 Å². The molecule has 11 aromatic rings. The van der Waals surface area contributed by atoms with Crippen LogP contribution in [0.15, 0.2) is 218 Å². The molecule has 0 amide bonds. The average molecular weight is 713 g/mol. The minimum Gasteiger partial charge on any atom is -0.310 e. The van der Waals surface area contributed by atoms with Gasteiger partial charge < -0.3 is 9.47 Å². The molecular formula is C54H36N2. The average Bonchev–Trinajstić information content (AvgIpc) is 3.61. The smallest absolute Gasteiger partial charge is 0.0546 e. The summed E-state index contributed by atoms with van der Waals surface area (Å²) in [7, 11) is 0. The zero-order valence-electron chi connectivity index (χ0n) is 30.7. The molecule has 0 spiro atoms. The summed E-state index contributed by atoms with van der Waals surface area (Å²) in [4.78, 5) is 2.44. The number of para-hydroxylation sites is 3. The van der Waals surface area contributed by atoms with E-state index in [0.29, 0.717) is 0 Å². The van der Waals surface area contributed by atoms with Crippen molar-refractivity contribution in [3.63, 3.8) is 0 Å². The molecule has 0 aliphatic heterocycles. The second kappa shape index (κ2) is 13.2. The molecule has 1 heterocycles. The summed E-state index contributed by atoms with van der Waals surface area (Å²) in [5.74, 6) is 0. The summed E-state index contributed by atoms with van der Waals surface area (Å²) in [5, 5.41) is 9.94. The third-order valence-electron chi connectivity index (χ3n) is 11.4. The van der Waals surface area contributed by atoms with Gasteiger partial charge in [0.05, 0.1) is 22.4 Å². The predicted molar refractivity (Wildman–Crippen MR) is 239 cm³/mol. The van der Waals surface area contributed by atoms with Gasteiger partial charge in [0, 0.05) is 33.1 Å². The number of rotatable bonds is 6. The van der Waals surface area contributed by atoms with Crippen LogP contribution in [0, 0.1) is 0 Å². The highest BCUT2D eigenvalue weighted by Crippen LogP contribution is 2.44. The number of aromatic nitrogens is 1. The van der Waals surface area contributed by atoms with Crippen molar-refractivity contribution in [2.75, 3.05) is 4.90 Å². The molecule has 1 aromatic heterocycles. The fraction of sp³-hybridized carbons (Fsp3) is 0. The largest absolute Gasteiger partial charge is 0.310 e. The van der Waals surface area contributed by atoms with Gasteiger partial charge in [0.1, 0.15) is 0 Å². The molecule has 56 heavy (non-hydrogen) atoms. The Balaban J connectivity index is 1.10. The Kier molecular flexibility index (Phi) is 7.53. The summed E-state index contributed by atoms with van der Waals surface area (Å²) < 4.78 is 2.42. The third-order valence-corrected chi connectivity index (χ3v) is 11.4. The number of hydrogen-bond acceptors (Lipinski definition) is 1. The minimum atomic E-state index is 1.10. The standard InChI is InChI=1S/C54H36N2/c1-3-20-43-37(15-1)17-14-27-44(43)39-18-13-19-42(35-39)55(54-36-40-16-2-4-21-45(40)47-23-5-6-24-48(47)54)41-33-31-38(32-34-41)46-22-7-10-28-51(46)56-52-29-11-8-25-49(52)50-26-9-12-30-53(50)56/h1-36H. The van der Waals surface area contributed by atoms with Crippen molar-refractivity contribution in [1.82, 2.24) is 4.57 Å². The first-order valence-corrected chi connectivity index (χ1v) is 19.3. The van der Waals surface area contributed by atoms with Crippen molar-refractivity contribution in [2.45, 2.75) is 0 Å². The second-order valence-electron chi connectivity index (χ2n) is 14.5. The van der Waals surface area contributed by atoms with Gasteiger partial charge in [0.2, 0.25) is 0 Å². The van der Waals surface area contributed by atoms with Crippen LogP contribution in [-0.2, 0) is 0 Å². The van der Waals surface area contributed by atoms with Gasteiger partial charge in [0.15, 0.2) is 0 Å². The zero-order valence-corrected chi connectivity index (χ0v) is 30.7. The third kappa shape index (κ3) is 5.19. The quantitative estimate of drug-likeness (QED) is 0.156. The van der Waals surface area contributed by atoms with E-state index in [9.17, 15) is 0 Å². The Hall–Kier alpha value is -7.42. The van der Waals surface area contributed by atoms with Crippen molar-refractivity contribution < 1.29 is 0 Å². The lowest BCUT2D eigenvalue weighted by Crippen LogP contribution is -2.11. The van der Waals surface area contributed by atoms with Crippen molar-refractivity contribution in [3.05, 3.63) is 218 Å². The Labute approximate surface area is 325 Å². The highest BCUT2D eigenvalue weighted by atomic mass is 15.1. The van der Waals surface area contributed by atoms with E-state index in [-0.39, 0.29) is 0 Å². The van der Waals surface area contributed by atoms with Gasteiger partial charge in [-0.15, -0.1) is 0 Å². The highest BCUT2D eigenvalue weighted by molar-refractivity contribution is 6.15. The Bertz CT molecular complexity index is 3200. The lowest BCUT2D eigenvalue weighted by molar-refractivity contribution is 1.18. The van der Waals surface area contributed by atoms with Gasteiger partial charge in [-0.05, 0) is 92.2 Å². The summed E-state index contributed by atoms with van der Waals surface area (Å²) in [6, 6.07) is 79.5. The lowest BCUT2D eigenvalue weighted by Gasteiger charge is -2.28. The number of anilines is 3. The molecule has 0 fully saturated rings. The molecule has 11 rings (SSSR count). The van der Waals surface area contributed by atoms with E-state index in [1.165, 1.54) is 76.4 Å². The molecule has 0 aliphatic carbocycles. The van der Waals surface area contributed by atoms with E-state index in [1.54, 1.807) is 0 Å². The van der Waals surface area contributed by atoms with Crippen LogP contribution in [0.4, 0.5) is 17.1 Å². The number of nitrogens with zero attached hydrogens (tertiary/aromatic N) is 2. The SMILES string of the molecule is c1cc(-c2cccc3ccccc23)cc(N(c2ccc(-c3ccccc3-n3c4ccccc4c4ccccc43)cc2)c2cc3ccccc3c3ccccc23)c1. The molecule has 0 aliphatic rings. The lowest BCUT2D eigenvalue weighted by atomic mass is 9.96. The van der Waals surface area contributed by atoms with Crippen LogP contribution in [0.2, 0.25) is 0 Å². The maximum atomic E-state index is 2.44. The Morgan fingerprint density at radius 3 is 1.62 bits per heavy atom. The van der Waals surface area contributed by atoms with Crippen LogP contribution in [0.1, 0.15) is 0 Å². The second-order valence-corrected chi connectivity index (χ2v) is 14.5. The Morgan fingerprint density at radius 2 is 0.857 bits per heavy atom. The van der Waals surface area contributed by atoms with Crippen molar-refractivity contribution >= 4 is 71.2 Å². The molecular weight excluding hydrogens is 677 g/mol. The van der Waals surface area contributed by atoms with E-state index >= 15 is 0 Å². The molecule has 2 nitrogen and oxygen atoms in total. The van der Waals surface area contributed by atoms with Crippen molar-refractivity contribution in [3.8, 4) is 27.9 Å². The molecule has 0 saturated carbocycles. The zero-order chi connectivity index (χ0) is 37.0. The molecule has 0 atom stereocenters. The summed E-state index contributed by atoms with van der Waals surface area (Å²) in [5.41, 5.74) is 11.7. The van der Waals surface area contributed by atoms with E-state index in [1.807, 2.05) is 0 Å². The van der Waals surface area contributed by atoms with Gasteiger partial charge in [-0.2, -0.15) is 0 Å². The summed E-state index contributed by atoms with van der Waals surface area (Å²) >= 11 is 0. The molecule has 0 bridgehead atoms. The van der Waals surface area contributed by atoms with Crippen molar-refractivity contribution in [1.29, 1.82) is 0 Å². The number of benzene rings is 10. The molecule has 0 saturated heterocycles. The van der Waals surface area contributed by atoms with E-state index in [0.717, 1.165) is 22.7 Å². The maximum absolute atomic E-state index is 2.44. The molecule has 0 N–H and O–H groups in total. The van der Waals surface area contributed by atoms with E-state index in [2.05, 4.69) is 228 Å². The van der Waals surface area contributed by atoms with Crippen molar-refractivity contribution in [2.24, 2.45) is 0 Å². The van der Waals surface area contributed by atoms with E-state index < -0.39 is 0 Å². The first-order chi connectivity index (χ1) is 27.8.